The van der Waals surface area contributed by atoms with Crippen molar-refractivity contribution in [3.05, 3.63) is 11.8 Å². The maximum absolute atomic E-state index is 4.15. The normalized spacial score (nSPS) is 12.4. The third-order valence-corrected chi connectivity index (χ3v) is 5.37. The fraction of sp³-hybridized carbons (Fsp3) is 0.882. The molecular formula is C17H38N2Si. The van der Waals surface area contributed by atoms with Gasteiger partial charge < -0.3 is 0 Å². The highest BCUT2D eigenvalue weighted by atomic mass is 28.2. The SMILES string of the molecule is C=C(C)[SiH2]CC(N(CCC)CCC)N(CCC)CCC. The Balaban J connectivity index is 4.90. The van der Waals surface area contributed by atoms with Crippen LogP contribution in [0.5, 0.6) is 0 Å². The Morgan fingerprint density at radius 2 is 1.20 bits per heavy atom. The van der Waals surface area contributed by atoms with Gasteiger partial charge in [-0.25, -0.2) is 0 Å². The van der Waals surface area contributed by atoms with Crippen molar-refractivity contribution in [1.82, 2.24) is 9.80 Å². The average molecular weight is 299 g/mol. The van der Waals surface area contributed by atoms with Crippen LogP contribution in [0.15, 0.2) is 11.8 Å². The molecule has 0 bridgehead atoms. The highest BCUT2D eigenvalue weighted by molar-refractivity contribution is 6.44. The van der Waals surface area contributed by atoms with E-state index in [2.05, 4.69) is 51.0 Å². The zero-order valence-corrected chi connectivity index (χ0v) is 16.2. The summed E-state index contributed by atoms with van der Waals surface area (Å²) in [6, 6.07) is 1.37. The highest BCUT2D eigenvalue weighted by Gasteiger charge is 2.23. The number of rotatable bonds is 13. The number of hydrogen-bond donors (Lipinski definition) is 0. The van der Waals surface area contributed by atoms with Crippen LogP contribution >= 0.6 is 0 Å². The molecule has 0 aliphatic heterocycles. The number of nitrogens with zero attached hydrogens (tertiary/aromatic N) is 2. The molecule has 0 amide bonds. The minimum Gasteiger partial charge on any atom is -0.288 e. The predicted molar refractivity (Wildman–Crippen MR) is 96.3 cm³/mol. The van der Waals surface area contributed by atoms with Crippen molar-refractivity contribution >= 4 is 9.52 Å². The molecule has 0 atom stereocenters. The lowest BCUT2D eigenvalue weighted by Crippen LogP contribution is -2.50. The summed E-state index contributed by atoms with van der Waals surface area (Å²) in [7, 11) is -0.133. The topological polar surface area (TPSA) is 6.48 Å². The first kappa shape index (κ1) is 19.9. The summed E-state index contributed by atoms with van der Waals surface area (Å²) in [6.45, 7) is 20.6. The zero-order chi connectivity index (χ0) is 15.4. The van der Waals surface area contributed by atoms with Crippen molar-refractivity contribution in [2.45, 2.75) is 72.5 Å². The predicted octanol–water partition coefficient (Wildman–Crippen LogP) is 3.68. The molecule has 3 heteroatoms. The van der Waals surface area contributed by atoms with Crippen molar-refractivity contribution in [1.29, 1.82) is 0 Å². The third kappa shape index (κ3) is 8.23. The van der Waals surface area contributed by atoms with E-state index in [1.165, 1.54) is 63.1 Å². The maximum atomic E-state index is 4.15. The lowest BCUT2D eigenvalue weighted by atomic mass is 10.2. The van der Waals surface area contributed by atoms with Crippen LogP contribution in [0.4, 0.5) is 0 Å². The molecule has 0 aromatic rings. The second kappa shape index (κ2) is 12.6. The molecule has 0 unspecified atom stereocenters. The Kier molecular flexibility index (Phi) is 12.5. The average Bonchev–Trinajstić information content (AvgIpc) is 2.39. The van der Waals surface area contributed by atoms with Crippen LogP contribution in [0, 0.1) is 0 Å². The Morgan fingerprint density at radius 1 is 0.850 bits per heavy atom. The largest absolute Gasteiger partial charge is 0.288 e. The van der Waals surface area contributed by atoms with Gasteiger partial charge in [0.25, 0.3) is 0 Å². The Hall–Kier alpha value is -0.123. The van der Waals surface area contributed by atoms with Crippen LogP contribution in [0.1, 0.15) is 60.3 Å². The van der Waals surface area contributed by atoms with Crippen molar-refractivity contribution in [2.75, 3.05) is 26.2 Å². The maximum Gasteiger partial charge on any atom is 0.0596 e. The molecule has 120 valence electrons. The van der Waals surface area contributed by atoms with Gasteiger partial charge in [-0.3, -0.25) is 9.80 Å². The molecule has 2 nitrogen and oxygen atoms in total. The Bertz CT molecular complexity index is 215. The van der Waals surface area contributed by atoms with Crippen molar-refractivity contribution in [3.63, 3.8) is 0 Å². The van der Waals surface area contributed by atoms with E-state index >= 15 is 0 Å². The van der Waals surface area contributed by atoms with Gasteiger partial charge in [-0.05, 0) is 64.8 Å². The van der Waals surface area contributed by atoms with Crippen molar-refractivity contribution < 1.29 is 0 Å². The van der Waals surface area contributed by atoms with Crippen LogP contribution in [0.25, 0.3) is 0 Å². The lowest BCUT2D eigenvalue weighted by Gasteiger charge is -2.40. The van der Waals surface area contributed by atoms with Crippen LogP contribution in [0.3, 0.4) is 0 Å². The van der Waals surface area contributed by atoms with Crippen LogP contribution in [-0.4, -0.2) is 51.7 Å². The van der Waals surface area contributed by atoms with E-state index in [0.29, 0.717) is 6.17 Å². The Labute approximate surface area is 130 Å². The molecule has 0 heterocycles. The van der Waals surface area contributed by atoms with Gasteiger partial charge >= 0.3 is 0 Å². The van der Waals surface area contributed by atoms with E-state index in [0.717, 1.165) is 0 Å². The second-order valence-corrected chi connectivity index (χ2v) is 8.33. The fourth-order valence-corrected chi connectivity index (χ4v) is 4.42. The first-order valence-corrected chi connectivity index (χ1v) is 10.4. The van der Waals surface area contributed by atoms with Crippen molar-refractivity contribution in [2.24, 2.45) is 0 Å². The molecule has 0 aliphatic carbocycles. The summed E-state index contributed by atoms with van der Waals surface area (Å²) in [5.74, 6) is 0. The van der Waals surface area contributed by atoms with Gasteiger partial charge in [-0.15, -0.1) is 6.58 Å². The molecule has 0 rings (SSSR count). The molecule has 0 fully saturated rings. The number of hydrogen-bond acceptors (Lipinski definition) is 2. The first-order valence-electron chi connectivity index (χ1n) is 8.73. The molecule has 0 N–H and O–H groups in total. The lowest BCUT2D eigenvalue weighted by molar-refractivity contribution is 0.0543. The molecule has 0 saturated carbocycles. The molecule has 0 aliphatic rings. The minimum atomic E-state index is -0.133. The summed E-state index contributed by atoms with van der Waals surface area (Å²) in [6.07, 6.45) is 5.71. The molecular weight excluding hydrogens is 260 g/mol. The molecule has 0 aromatic carbocycles. The van der Waals surface area contributed by atoms with E-state index < -0.39 is 0 Å². The molecule has 20 heavy (non-hydrogen) atoms. The summed E-state index contributed by atoms with van der Waals surface area (Å²) in [4.78, 5) is 5.47. The first-order chi connectivity index (χ1) is 9.60. The zero-order valence-electron chi connectivity index (χ0n) is 14.7. The van der Waals surface area contributed by atoms with E-state index in [1.807, 2.05) is 0 Å². The standard InChI is InChI=1S/C17H38N2Si/c1-7-11-18(12-8-2)17(15-20-16(5)6)19(13-9-3)14-10-4/h17H,5,7-15,20H2,1-4,6H3. The van der Waals surface area contributed by atoms with Gasteiger partial charge in [0, 0.05) is 0 Å². The summed E-state index contributed by atoms with van der Waals surface area (Å²) >= 11 is 0. The molecule has 0 spiro atoms. The summed E-state index contributed by atoms with van der Waals surface area (Å²) in [5, 5.41) is 1.45. The van der Waals surface area contributed by atoms with Gasteiger partial charge in [0.15, 0.2) is 0 Å². The number of allylic oxidation sites excluding steroid dienone is 1. The fourth-order valence-electron chi connectivity index (χ4n) is 2.94. The van der Waals surface area contributed by atoms with Gasteiger partial charge in [0.05, 0.1) is 15.7 Å². The quantitative estimate of drug-likeness (QED) is 0.378. The third-order valence-electron chi connectivity index (χ3n) is 3.72. The van der Waals surface area contributed by atoms with Gasteiger partial charge in [-0.1, -0.05) is 32.9 Å². The van der Waals surface area contributed by atoms with Crippen LogP contribution in [-0.2, 0) is 0 Å². The summed E-state index contributed by atoms with van der Waals surface area (Å²) < 4.78 is 0. The minimum absolute atomic E-state index is 0.133. The monoisotopic (exact) mass is 298 g/mol. The van der Waals surface area contributed by atoms with Gasteiger partial charge in [0.2, 0.25) is 0 Å². The Morgan fingerprint density at radius 3 is 1.45 bits per heavy atom. The van der Waals surface area contributed by atoms with E-state index in [9.17, 15) is 0 Å². The van der Waals surface area contributed by atoms with Gasteiger partial charge in [-0.2, -0.15) is 0 Å². The molecule has 0 saturated heterocycles. The van der Waals surface area contributed by atoms with Crippen LogP contribution in [0.2, 0.25) is 6.04 Å². The van der Waals surface area contributed by atoms with Gasteiger partial charge in [0.1, 0.15) is 0 Å². The van der Waals surface area contributed by atoms with E-state index in [1.54, 1.807) is 0 Å². The van der Waals surface area contributed by atoms with E-state index in [4.69, 9.17) is 0 Å². The highest BCUT2D eigenvalue weighted by Crippen LogP contribution is 2.15. The van der Waals surface area contributed by atoms with Crippen LogP contribution < -0.4 is 0 Å². The van der Waals surface area contributed by atoms with Crippen molar-refractivity contribution in [3.8, 4) is 0 Å². The summed E-state index contributed by atoms with van der Waals surface area (Å²) in [5.41, 5.74) is 0. The molecule has 0 aromatic heterocycles. The second-order valence-electron chi connectivity index (χ2n) is 6.05. The smallest absolute Gasteiger partial charge is 0.0596 e. The molecule has 0 radical (unpaired) electrons. The van der Waals surface area contributed by atoms with E-state index in [-0.39, 0.29) is 9.52 Å².